The fraction of sp³-hybridized carbons (Fsp3) is 0.429. The Morgan fingerprint density at radius 2 is 2.15 bits per heavy atom. The van der Waals surface area contributed by atoms with E-state index in [0.717, 1.165) is 4.47 Å². The maximum Gasteiger partial charge on any atom is 0.323 e. The molecule has 0 aliphatic heterocycles. The number of aliphatic carboxylic acids is 1. The number of nitrogens with zero attached hydrogens (tertiary/aromatic N) is 1. The first-order valence-electron chi connectivity index (χ1n) is 6.36. The number of carbonyl (C=O) groups is 2. The zero-order chi connectivity index (χ0) is 15.1. The number of benzene rings is 1. The molecule has 0 saturated carbocycles. The number of carboxylic acid groups (broad SMARTS) is 1. The van der Waals surface area contributed by atoms with E-state index in [-0.39, 0.29) is 12.5 Å². The SMILES string of the molecule is CCCN(CC(=O)O)C(=O)C(C)Oc1cccc(Br)c1. The van der Waals surface area contributed by atoms with Crippen LogP contribution in [0.2, 0.25) is 0 Å². The Balaban J connectivity index is 2.70. The van der Waals surface area contributed by atoms with Gasteiger partial charge in [0.15, 0.2) is 6.10 Å². The van der Waals surface area contributed by atoms with Crippen LogP contribution in [-0.4, -0.2) is 41.1 Å². The lowest BCUT2D eigenvalue weighted by molar-refractivity contribution is -0.147. The second-order valence-corrected chi connectivity index (χ2v) is 5.29. The average molecular weight is 344 g/mol. The van der Waals surface area contributed by atoms with Crippen molar-refractivity contribution < 1.29 is 19.4 Å². The van der Waals surface area contributed by atoms with Gasteiger partial charge in [0.25, 0.3) is 5.91 Å². The molecular formula is C14H18BrNO4. The summed E-state index contributed by atoms with van der Waals surface area (Å²) in [4.78, 5) is 24.3. The monoisotopic (exact) mass is 343 g/mol. The fourth-order valence-electron chi connectivity index (χ4n) is 1.75. The summed E-state index contributed by atoms with van der Waals surface area (Å²) in [6.45, 7) is 3.60. The molecule has 1 N–H and O–H groups in total. The van der Waals surface area contributed by atoms with E-state index in [1.54, 1.807) is 25.1 Å². The quantitative estimate of drug-likeness (QED) is 0.826. The molecule has 1 aromatic rings. The molecule has 0 fully saturated rings. The molecule has 5 nitrogen and oxygen atoms in total. The third-order valence-corrected chi connectivity index (χ3v) is 3.08. The summed E-state index contributed by atoms with van der Waals surface area (Å²) in [5.74, 6) is -0.789. The Morgan fingerprint density at radius 3 is 2.70 bits per heavy atom. The zero-order valence-electron chi connectivity index (χ0n) is 11.5. The molecule has 0 spiro atoms. The van der Waals surface area contributed by atoms with Gasteiger partial charge in [-0.25, -0.2) is 0 Å². The molecule has 1 atom stereocenters. The molecule has 1 rings (SSSR count). The Bertz CT molecular complexity index is 478. The van der Waals surface area contributed by atoms with E-state index in [4.69, 9.17) is 9.84 Å². The molecule has 0 bridgehead atoms. The largest absolute Gasteiger partial charge is 0.481 e. The van der Waals surface area contributed by atoms with E-state index in [2.05, 4.69) is 15.9 Å². The van der Waals surface area contributed by atoms with E-state index in [1.165, 1.54) is 4.90 Å². The van der Waals surface area contributed by atoms with Gasteiger partial charge in [0, 0.05) is 11.0 Å². The van der Waals surface area contributed by atoms with Crippen molar-refractivity contribution in [2.45, 2.75) is 26.4 Å². The lowest BCUT2D eigenvalue weighted by atomic mass is 10.3. The van der Waals surface area contributed by atoms with Crippen molar-refractivity contribution in [3.63, 3.8) is 0 Å². The van der Waals surface area contributed by atoms with Gasteiger partial charge in [0.05, 0.1) is 0 Å². The van der Waals surface area contributed by atoms with Gasteiger partial charge in [-0.05, 0) is 31.5 Å². The minimum atomic E-state index is -1.03. The van der Waals surface area contributed by atoms with Gasteiger partial charge >= 0.3 is 5.97 Å². The third-order valence-electron chi connectivity index (χ3n) is 2.59. The molecule has 0 aliphatic rings. The summed E-state index contributed by atoms with van der Waals surface area (Å²) in [5, 5.41) is 8.83. The summed E-state index contributed by atoms with van der Waals surface area (Å²) < 4.78 is 6.40. The fourth-order valence-corrected chi connectivity index (χ4v) is 2.13. The van der Waals surface area contributed by atoms with Gasteiger partial charge in [0.2, 0.25) is 0 Å². The number of ether oxygens (including phenoxy) is 1. The predicted molar refractivity (Wildman–Crippen MR) is 78.7 cm³/mol. The van der Waals surface area contributed by atoms with Crippen LogP contribution in [0.25, 0.3) is 0 Å². The van der Waals surface area contributed by atoms with Crippen LogP contribution in [0.4, 0.5) is 0 Å². The molecule has 1 aromatic carbocycles. The lowest BCUT2D eigenvalue weighted by Gasteiger charge is -2.24. The van der Waals surface area contributed by atoms with Crippen LogP contribution in [-0.2, 0) is 9.59 Å². The number of halogens is 1. The van der Waals surface area contributed by atoms with Gasteiger partial charge in [-0.3, -0.25) is 9.59 Å². The first kappa shape index (κ1) is 16.5. The molecule has 20 heavy (non-hydrogen) atoms. The topological polar surface area (TPSA) is 66.8 Å². The van der Waals surface area contributed by atoms with Crippen molar-refractivity contribution in [3.8, 4) is 5.75 Å². The summed E-state index contributed by atoms with van der Waals surface area (Å²) in [5.41, 5.74) is 0. The summed E-state index contributed by atoms with van der Waals surface area (Å²) >= 11 is 3.32. The maximum atomic E-state index is 12.2. The average Bonchev–Trinajstić information content (AvgIpc) is 2.36. The maximum absolute atomic E-state index is 12.2. The zero-order valence-corrected chi connectivity index (χ0v) is 13.1. The Hall–Kier alpha value is -1.56. The molecule has 0 saturated heterocycles. The van der Waals surface area contributed by atoms with Gasteiger partial charge < -0.3 is 14.7 Å². The predicted octanol–water partition coefficient (Wildman–Crippen LogP) is 2.54. The first-order chi connectivity index (χ1) is 9.43. The van der Waals surface area contributed by atoms with Crippen molar-refractivity contribution in [2.24, 2.45) is 0 Å². The van der Waals surface area contributed by atoms with Gasteiger partial charge in [-0.1, -0.05) is 28.9 Å². The third kappa shape index (κ3) is 5.21. The van der Waals surface area contributed by atoms with E-state index in [9.17, 15) is 9.59 Å². The minimum absolute atomic E-state index is 0.307. The number of hydrogen-bond acceptors (Lipinski definition) is 3. The highest BCUT2D eigenvalue weighted by molar-refractivity contribution is 9.10. The van der Waals surface area contributed by atoms with Crippen LogP contribution in [0, 0.1) is 0 Å². The standard InChI is InChI=1S/C14H18BrNO4/c1-3-7-16(9-13(17)18)14(19)10(2)20-12-6-4-5-11(15)8-12/h4-6,8,10H,3,7,9H2,1-2H3,(H,17,18). The highest BCUT2D eigenvalue weighted by Gasteiger charge is 2.23. The Kier molecular flexibility index (Phi) is 6.51. The van der Waals surface area contributed by atoms with Gasteiger partial charge in [-0.2, -0.15) is 0 Å². The second-order valence-electron chi connectivity index (χ2n) is 4.37. The van der Waals surface area contributed by atoms with Crippen LogP contribution in [0.15, 0.2) is 28.7 Å². The smallest absolute Gasteiger partial charge is 0.323 e. The summed E-state index contributed by atoms with van der Waals surface area (Å²) in [7, 11) is 0. The van der Waals surface area contributed by atoms with Gasteiger partial charge in [0.1, 0.15) is 12.3 Å². The van der Waals surface area contributed by atoms with Crippen LogP contribution >= 0.6 is 15.9 Å². The molecule has 0 aromatic heterocycles. The van der Waals surface area contributed by atoms with Crippen molar-refractivity contribution in [2.75, 3.05) is 13.1 Å². The normalized spacial score (nSPS) is 11.8. The number of rotatable bonds is 7. The molecule has 1 unspecified atom stereocenters. The molecule has 0 aliphatic carbocycles. The van der Waals surface area contributed by atoms with Gasteiger partial charge in [-0.15, -0.1) is 0 Å². The molecule has 1 amide bonds. The van der Waals surface area contributed by atoms with Crippen LogP contribution in [0.5, 0.6) is 5.75 Å². The molecule has 0 radical (unpaired) electrons. The van der Waals surface area contributed by atoms with Crippen molar-refractivity contribution in [3.05, 3.63) is 28.7 Å². The molecular weight excluding hydrogens is 326 g/mol. The molecule has 6 heteroatoms. The Labute approximate surface area is 126 Å². The highest BCUT2D eigenvalue weighted by atomic mass is 79.9. The molecule has 0 heterocycles. The molecule has 110 valence electrons. The van der Waals surface area contributed by atoms with Crippen molar-refractivity contribution in [1.82, 2.24) is 4.90 Å². The number of carboxylic acids is 1. The van der Waals surface area contributed by atoms with Crippen LogP contribution in [0.1, 0.15) is 20.3 Å². The number of amides is 1. The minimum Gasteiger partial charge on any atom is -0.481 e. The second kappa shape index (κ2) is 7.89. The van der Waals surface area contributed by atoms with Crippen molar-refractivity contribution in [1.29, 1.82) is 0 Å². The van der Waals surface area contributed by atoms with Crippen LogP contribution < -0.4 is 4.74 Å². The number of carbonyl (C=O) groups excluding carboxylic acids is 1. The highest BCUT2D eigenvalue weighted by Crippen LogP contribution is 2.19. The van der Waals surface area contributed by atoms with E-state index < -0.39 is 12.1 Å². The first-order valence-corrected chi connectivity index (χ1v) is 7.16. The lowest BCUT2D eigenvalue weighted by Crippen LogP contribution is -2.43. The number of hydrogen-bond donors (Lipinski definition) is 1. The summed E-state index contributed by atoms with van der Waals surface area (Å²) in [6.07, 6.45) is -0.0296. The van der Waals surface area contributed by atoms with E-state index in [0.29, 0.717) is 18.7 Å². The Morgan fingerprint density at radius 1 is 1.45 bits per heavy atom. The van der Waals surface area contributed by atoms with Crippen LogP contribution in [0.3, 0.4) is 0 Å². The van der Waals surface area contributed by atoms with E-state index >= 15 is 0 Å². The summed E-state index contributed by atoms with van der Waals surface area (Å²) in [6, 6.07) is 7.16. The van der Waals surface area contributed by atoms with E-state index in [1.807, 2.05) is 13.0 Å². The van der Waals surface area contributed by atoms with Crippen molar-refractivity contribution >= 4 is 27.8 Å².